The number of H-pyrrole nitrogens is 1. The number of hydrogen-bond acceptors (Lipinski definition) is 6. The van der Waals surface area contributed by atoms with Gasteiger partial charge in [0, 0.05) is 12.7 Å². The lowest BCUT2D eigenvalue weighted by molar-refractivity contribution is 0.0928. The number of amides is 1. The average molecular weight is 387 g/mol. The van der Waals surface area contributed by atoms with Gasteiger partial charge in [0.05, 0.1) is 23.6 Å². The molecule has 0 saturated carbocycles. The first-order chi connectivity index (χ1) is 13.4. The molecule has 3 heterocycles. The van der Waals surface area contributed by atoms with Gasteiger partial charge in [0.1, 0.15) is 0 Å². The Kier molecular flexibility index (Phi) is 5.87. The summed E-state index contributed by atoms with van der Waals surface area (Å²) in [5.41, 5.74) is 1.35. The van der Waals surface area contributed by atoms with Gasteiger partial charge in [0.2, 0.25) is 11.8 Å². The maximum Gasteiger partial charge on any atom is 0.289 e. The Balaban J connectivity index is 1.70. The summed E-state index contributed by atoms with van der Waals surface area (Å²) >= 11 is 0. The van der Waals surface area contributed by atoms with E-state index >= 15 is 0 Å². The van der Waals surface area contributed by atoms with Gasteiger partial charge in [-0.3, -0.25) is 9.89 Å². The van der Waals surface area contributed by atoms with Crippen LogP contribution in [0, 0.1) is 18.7 Å². The molecule has 3 rings (SSSR count). The van der Waals surface area contributed by atoms with E-state index in [0.717, 1.165) is 5.56 Å². The van der Waals surface area contributed by atoms with Crippen molar-refractivity contribution in [2.45, 2.75) is 26.3 Å². The maximum absolute atomic E-state index is 14.3. The minimum atomic E-state index is -0.642. The smallest absolute Gasteiger partial charge is 0.289 e. The number of nitrogens with one attached hydrogen (secondary N) is 3. The Bertz CT molecular complexity index is 963. The molecule has 146 valence electrons. The first kappa shape index (κ1) is 19.3. The number of aromatic nitrogens is 5. The van der Waals surface area contributed by atoms with Crippen LogP contribution in [0.3, 0.4) is 0 Å². The highest BCUT2D eigenvalue weighted by Gasteiger charge is 2.19. The molecule has 0 spiro atoms. The van der Waals surface area contributed by atoms with E-state index in [-0.39, 0.29) is 17.3 Å². The van der Waals surface area contributed by atoms with E-state index in [2.05, 4.69) is 35.8 Å². The highest BCUT2D eigenvalue weighted by atomic mass is 19.1. The summed E-state index contributed by atoms with van der Waals surface area (Å²) < 4.78 is 27.5. The van der Waals surface area contributed by atoms with Crippen LogP contribution in [0.1, 0.15) is 40.5 Å². The van der Waals surface area contributed by atoms with E-state index in [1.54, 1.807) is 25.4 Å². The van der Waals surface area contributed by atoms with Crippen LogP contribution in [-0.2, 0) is 6.42 Å². The van der Waals surface area contributed by atoms with Gasteiger partial charge in [-0.15, -0.1) is 0 Å². The van der Waals surface area contributed by atoms with Crippen molar-refractivity contribution in [3.63, 3.8) is 0 Å². The van der Waals surface area contributed by atoms with Crippen LogP contribution in [0.5, 0.6) is 0 Å². The van der Waals surface area contributed by atoms with Crippen molar-refractivity contribution in [1.82, 2.24) is 30.5 Å². The molecule has 0 aliphatic carbocycles. The monoisotopic (exact) mass is 387 g/mol. The molecule has 0 bridgehead atoms. The molecule has 3 N–H and O–H groups in total. The third-order valence-corrected chi connectivity index (χ3v) is 4.01. The van der Waals surface area contributed by atoms with Gasteiger partial charge in [0.15, 0.2) is 11.6 Å². The minimum Gasteiger partial charge on any atom is -0.367 e. The first-order valence-electron chi connectivity index (χ1n) is 8.63. The standard InChI is InChI=1S/C18H19F2N7O/c1-10(13-4-3-5-14(19)26-13)25-18(28)17-24-11(2)15(20)16(27-17)21-7-6-12-8-22-23-9-12/h3-5,8-10H,6-7H2,1-2H3,(H,22,23)(H,25,28)(H,21,24,27)/t10-/m1/s1. The van der Waals surface area contributed by atoms with Crippen molar-refractivity contribution in [3.8, 4) is 0 Å². The van der Waals surface area contributed by atoms with E-state index < -0.39 is 23.7 Å². The predicted molar refractivity (Wildman–Crippen MR) is 97.6 cm³/mol. The number of rotatable bonds is 7. The summed E-state index contributed by atoms with van der Waals surface area (Å²) in [6.45, 7) is 3.50. The molecule has 1 atom stereocenters. The number of aryl methyl sites for hydroxylation is 1. The van der Waals surface area contributed by atoms with Gasteiger partial charge < -0.3 is 10.6 Å². The molecule has 8 nitrogen and oxygen atoms in total. The van der Waals surface area contributed by atoms with Crippen molar-refractivity contribution in [2.75, 3.05) is 11.9 Å². The zero-order valence-electron chi connectivity index (χ0n) is 15.3. The van der Waals surface area contributed by atoms with Crippen molar-refractivity contribution in [3.05, 3.63) is 65.1 Å². The van der Waals surface area contributed by atoms with Gasteiger partial charge in [-0.25, -0.2) is 19.3 Å². The topological polar surface area (TPSA) is 108 Å². The molecule has 28 heavy (non-hydrogen) atoms. The molecule has 0 aliphatic rings. The fourth-order valence-electron chi connectivity index (χ4n) is 2.52. The lowest BCUT2D eigenvalue weighted by Gasteiger charge is -2.14. The van der Waals surface area contributed by atoms with Crippen molar-refractivity contribution >= 4 is 11.7 Å². The fraction of sp³-hybridized carbons (Fsp3) is 0.278. The number of carbonyl (C=O) groups is 1. The Morgan fingerprint density at radius 1 is 1.25 bits per heavy atom. The predicted octanol–water partition coefficient (Wildman–Crippen LogP) is 2.33. The number of pyridine rings is 1. The Labute approximate surface area is 159 Å². The Morgan fingerprint density at radius 2 is 2.07 bits per heavy atom. The molecule has 1 amide bonds. The second-order valence-electron chi connectivity index (χ2n) is 6.16. The lowest BCUT2D eigenvalue weighted by atomic mass is 10.2. The van der Waals surface area contributed by atoms with Crippen LogP contribution in [0.4, 0.5) is 14.6 Å². The summed E-state index contributed by atoms with van der Waals surface area (Å²) in [7, 11) is 0. The molecular weight excluding hydrogens is 368 g/mol. The molecule has 0 unspecified atom stereocenters. The molecule has 0 aromatic carbocycles. The van der Waals surface area contributed by atoms with E-state index in [4.69, 9.17) is 0 Å². The number of nitrogens with zero attached hydrogens (tertiary/aromatic N) is 4. The molecule has 0 saturated heterocycles. The van der Waals surface area contributed by atoms with Crippen LogP contribution >= 0.6 is 0 Å². The summed E-state index contributed by atoms with van der Waals surface area (Å²) in [6, 6.07) is 3.73. The average Bonchev–Trinajstić information content (AvgIpc) is 3.18. The highest BCUT2D eigenvalue weighted by Crippen LogP contribution is 2.15. The van der Waals surface area contributed by atoms with Crippen LogP contribution < -0.4 is 10.6 Å². The number of carbonyl (C=O) groups excluding carboxylic acids is 1. The van der Waals surface area contributed by atoms with Crippen molar-refractivity contribution in [2.24, 2.45) is 0 Å². The molecule has 0 aliphatic heterocycles. The SMILES string of the molecule is Cc1nc(C(=O)N[C@H](C)c2cccc(F)n2)nc(NCCc2cn[nH]c2)c1F. The van der Waals surface area contributed by atoms with Crippen LogP contribution in [-0.4, -0.2) is 37.6 Å². The fourth-order valence-corrected chi connectivity index (χ4v) is 2.52. The number of halogens is 2. The van der Waals surface area contributed by atoms with Crippen LogP contribution in [0.15, 0.2) is 30.6 Å². The van der Waals surface area contributed by atoms with Crippen LogP contribution in [0.2, 0.25) is 0 Å². The van der Waals surface area contributed by atoms with Gasteiger partial charge in [-0.05, 0) is 38.0 Å². The van der Waals surface area contributed by atoms with E-state index in [0.29, 0.717) is 18.7 Å². The summed E-state index contributed by atoms with van der Waals surface area (Å²) in [6.07, 6.45) is 4.01. The Morgan fingerprint density at radius 3 is 2.79 bits per heavy atom. The quantitative estimate of drug-likeness (QED) is 0.537. The maximum atomic E-state index is 14.3. The summed E-state index contributed by atoms with van der Waals surface area (Å²) in [5, 5.41) is 12.0. The second-order valence-corrected chi connectivity index (χ2v) is 6.16. The number of anilines is 1. The molecule has 3 aromatic heterocycles. The third-order valence-electron chi connectivity index (χ3n) is 4.01. The van der Waals surface area contributed by atoms with Gasteiger partial charge in [-0.2, -0.15) is 9.49 Å². The second kappa shape index (κ2) is 8.51. The summed E-state index contributed by atoms with van der Waals surface area (Å²) in [4.78, 5) is 24.1. The Hall–Kier alpha value is -3.43. The van der Waals surface area contributed by atoms with Crippen LogP contribution in [0.25, 0.3) is 0 Å². The van der Waals surface area contributed by atoms with Gasteiger partial charge in [-0.1, -0.05) is 6.07 Å². The largest absolute Gasteiger partial charge is 0.367 e. The van der Waals surface area contributed by atoms with E-state index in [1.807, 2.05) is 0 Å². The number of hydrogen-bond donors (Lipinski definition) is 3. The first-order valence-corrected chi connectivity index (χ1v) is 8.63. The molecule has 0 radical (unpaired) electrons. The lowest BCUT2D eigenvalue weighted by Crippen LogP contribution is -2.29. The number of aromatic amines is 1. The molecule has 3 aromatic rings. The summed E-state index contributed by atoms with van der Waals surface area (Å²) in [5.74, 6) is -2.12. The van der Waals surface area contributed by atoms with E-state index in [1.165, 1.54) is 19.1 Å². The highest BCUT2D eigenvalue weighted by molar-refractivity contribution is 5.91. The zero-order chi connectivity index (χ0) is 20.1. The molecule has 10 heteroatoms. The molecular formula is C18H19F2N7O. The van der Waals surface area contributed by atoms with Gasteiger partial charge in [0.25, 0.3) is 5.91 Å². The zero-order valence-corrected chi connectivity index (χ0v) is 15.3. The normalized spacial score (nSPS) is 11.9. The minimum absolute atomic E-state index is 0.0440. The molecule has 0 fully saturated rings. The van der Waals surface area contributed by atoms with Crippen molar-refractivity contribution < 1.29 is 13.6 Å². The van der Waals surface area contributed by atoms with Gasteiger partial charge >= 0.3 is 0 Å². The van der Waals surface area contributed by atoms with Crippen molar-refractivity contribution in [1.29, 1.82) is 0 Å². The third kappa shape index (κ3) is 4.64. The van der Waals surface area contributed by atoms with E-state index in [9.17, 15) is 13.6 Å².